The molecule has 3 rings (SSSR count). The summed E-state index contributed by atoms with van der Waals surface area (Å²) in [7, 11) is 0. The van der Waals surface area contributed by atoms with Gasteiger partial charge in [0.2, 0.25) is 0 Å². The van der Waals surface area contributed by atoms with Crippen LogP contribution in [0.4, 0.5) is 0 Å². The molecule has 1 N–H and O–H groups in total. The summed E-state index contributed by atoms with van der Waals surface area (Å²) in [4.78, 5) is 4.53. The number of aromatic nitrogens is 1. The number of thioether (sulfide) groups is 1. The van der Waals surface area contributed by atoms with Crippen LogP contribution in [0.5, 0.6) is 5.75 Å². The van der Waals surface area contributed by atoms with E-state index < -0.39 is 6.10 Å². The summed E-state index contributed by atoms with van der Waals surface area (Å²) in [6, 6.07) is 15.3. The molecule has 0 fully saturated rings. The Hall–Kier alpha value is -1.27. The lowest BCUT2D eigenvalue weighted by Gasteiger charge is -2.12. The van der Waals surface area contributed by atoms with Crippen molar-refractivity contribution >= 4 is 44.9 Å². The lowest BCUT2D eigenvalue weighted by atomic mass is 10.3. The molecule has 1 heterocycles. The monoisotopic (exact) mass is 351 g/mol. The Bertz CT molecular complexity index is 729. The minimum atomic E-state index is -0.576. The fourth-order valence-electron chi connectivity index (χ4n) is 1.88. The number of aliphatic hydroxyl groups is 1. The van der Waals surface area contributed by atoms with Crippen LogP contribution in [0.15, 0.2) is 52.9 Å². The summed E-state index contributed by atoms with van der Waals surface area (Å²) in [5.41, 5.74) is 0.997. The van der Waals surface area contributed by atoms with E-state index in [-0.39, 0.29) is 6.61 Å². The van der Waals surface area contributed by atoms with Crippen LogP contribution in [0.2, 0.25) is 5.02 Å². The minimum absolute atomic E-state index is 0.210. The Kier molecular flexibility index (Phi) is 5.20. The van der Waals surface area contributed by atoms with Gasteiger partial charge in [-0.05, 0) is 24.3 Å². The largest absolute Gasteiger partial charge is 0.489 e. The fraction of sp³-hybridized carbons (Fsp3) is 0.188. The highest BCUT2D eigenvalue weighted by Crippen LogP contribution is 2.30. The van der Waals surface area contributed by atoms with Crippen LogP contribution < -0.4 is 4.74 Å². The maximum atomic E-state index is 10.0. The van der Waals surface area contributed by atoms with Crippen molar-refractivity contribution in [3.05, 3.63) is 53.6 Å². The van der Waals surface area contributed by atoms with Gasteiger partial charge in [-0.25, -0.2) is 4.98 Å². The Morgan fingerprint density at radius 2 is 1.95 bits per heavy atom. The van der Waals surface area contributed by atoms with E-state index >= 15 is 0 Å². The zero-order valence-corrected chi connectivity index (χ0v) is 14.0. The summed E-state index contributed by atoms with van der Waals surface area (Å²) in [6.45, 7) is 0.210. The predicted octanol–water partition coefficient (Wildman–Crippen LogP) is 4.48. The van der Waals surface area contributed by atoms with Gasteiger partial charge in [-0.3, -0.25) is 0 Å². The van der Waals surface area contributed by atoms with Crippen molar-refractivity contribution in [1.82, 2.24) is 4.98 Å². The van der Waals surface area contributed by atoms with E-state index in [0.717, 1.165) is 14.6 Å². The number of benzene rings is 2. The van der Waals surface area contributed by atoms with Crippen molar-refractivity contribution < 1.29 is 9.84 Å². The number of aliphatic hydroxyl groups excluding tert-OH is 1. The van der Waals surface area contributed by atoms with E-state index in [1.807, 2.05) is 36.4 Å². The molecule has 3 nitrogen and oxygen atoms in total. The summed E-state index contributed by atoms with van der Waals surface area (Å²) < 4.78 is 7.65. The molecule has 6 heteroatoms. The van der Waals surface area contributed by atoms with Crippen LogP contribution in [0.3, 0.4) is 0 Å². The van der Waals surface area contributed by atoms with Crippen molar-refractivity contribution in [2.45, 2.75) is 10.4 Å². The molecular weight excluding hydrogens is 338 g/mol. The lowest BCUT2D eigenvalue weighted by Crippen LogP contribution is -2.20. The van der Waals surface area contributed by atoms with Crippen LogP contribution in [-0.2, 0) is 0 Å². The molecule has 114 valence electrons. The summed E-state index contributed by atoms with van der Waals surface area (Å²) >= 11 is 9.18. The standard InChI is InChI=1S/C16H14ClNO2S2/c17-12-5-1-3-7-14(12)20-9-11(19)10-21-16-18-13-6-2-4-8-15(13)22-16/h1-8,11,19H,9-10H2. The quantitative estimate of drug-likeness (QED) is 0.665. The summed E-state index contributed by atoms with van der Waals surface area (Å²) in [5.74, 6) is 1.12. The van der Waals surface area contributed by atoms with Crippen molar-refractivity contribution in [2.75, 3.05) is 12.4 Å². The maximum Gasteiger partial charge on any atom is 0.151 e. The van der Waals surface area contributed by atoms with Gasteiger partial charge >= 0.3 is 0 Å². The van der Waals surface area contributed by atoms with Crippen molar-refractivity contribution in [2.24, 2.45) is 0 Å². The van der Waals surface area contributed by atoms with E-state index in [1.165, 1.54) is 11.8 Å². The number of nitrogens with zero attached hydrogens (tertiary/aromatic N) is 1. The molecule has 1 unspecified atom stereocenters. The molecule has 0 saturated heterocycles. The average Bonchev–Trinajstić information content (AvgIpc) is 2.95. The Morgan fingerprint density at radius 1 is 1.18 bits per heavy atom. The number of hydrogen-bond acceptors (Lipinski definition) is 5. The van der Waals surface area contributed by atoms with Gasteiger partial charge in [0, 0.05) is 5.75 Å². The second-order valence-electron chi connectivity index (χ2n) is 4.65. The molecule has 1 atom stereocenters. The third kappa shape index (κ3) is 3.93. The lowest BCUT2D eigenvalue weighted by molar-refractivity contribution is 0.126. The van der Waals surface area contributed by atoms with Gasteiger partial charge in [0.1, 0.15) is 12.4 Å². The second-order valence-corrected chi connectivity index (χ2v) is 7.36. The number of hydrogen-bond donors (Lipinski definition) is 1. The van der Waals surface area contributed by atoms with E-state index in [4.69, 9.17) is 16.3 Å². The van der Waals surface area contributed by atoms with Crippen molar-refractivity contribution in [1.29, 1.82) is 0 Å². The van der Waals surface area contributed by atoms with Crippen molar-refractivity contribution in [3.8, 4) is 5.75 Å². The van der Waals surface area contributed by atoms with Gasteiger partial charge in [0.25, 0.3) is 0 Å². The van der Waals surface area contributed by atoms with Gasteiger partial charge in [-0.1, -0.05) is 47.6 Å². The molecule has 0 aliphatic rings. The van der Waals surface area contributed by atoms with Gasteiger partial charge in [-0.2, -0.15) is 0 Å². The zero-order chi connectivity index (χ0) is 15.4. The number of halogens is 1. The van der Waals surface area contributed by atoms with Crippen LogP contribution >= 0.6 is 34.7 Å². The molecule has 3 aromatic rings. The highest BCUT2D eigenvalue weighted by atomic mass is 35.5. The summed E-state index contributed by atoms with van der Waals surface area (Å²) in [6.07, 6.45) is -0.576. The molecule has 0 bridgehead atoms. The molecule has 0 aliphatic heterocycles. The third-order valence-electron chi connectivity index (χ3n) is 2.94. The Balaban J connectivity index is 1.51. The van der Waals surface area contributed by atoms with Crippen LogP contribution in [0.1, 0.15) is 0 Å². The number of rotatable bonds is 6. The van der Waals surface area contributed by atoms with Gasteiger partial charge in [0.05, 0.1) is 21.3 Å². The predicted molar refractivity (Wildman–Crippen MR) is 93.3 cm³/mol. The normalized spacial score (nSPS) is 12.5. The molecule has 2 aromatic carbocycles. The first kappa shape index (κ1) is 15.6. The summed E-state index contributed by atoms with van der Waals surface area (Å²) in [5, 5.41) is 10.6. The first-order chi connectivity index (χ1) is 10.7. The minimum Gasteiger partial charge on any atom is -0.489 e. The maximum absolute atomic E-state index is 10.0. The number of thiazole rings is 1. The topological polar surface area (TPSA) is 42.4 Å². The first-order valence-corrected chi connectivity index (χ1v) is 8.94. The van der Waals surface area contributed by atoms with Crippen LogP contribution in [0, 0.1) is 0 Å². The number of fused-ring (bicyclic) bond motifs is 1. The smallest absolute Gasteiger partial charge is 0.151 e. The van der Waals surface area contributed by atoms with Crippen molar-refractivity contribution in [3.63, 3.8) is 0 Å². The second kappa shape index (κ2) is 7.33. The fourth-order valence-corrected chi connectivity index (χ4v) is 4.07. The molecule has 0 saturated carbocycles. The number of ether oxygens (including phenoxy) is 1. The molecule has 0 spiro atoms. The van der Waals surface area contributed by atoms with Crippen LogP contribution in [-0.4, -0.2) is 28.6 Å². The molecule has 0 radical (unpaired) electrons. The van der Waals surface area contributed by atoms with E-state index in [1.54, 1.807) is 23.5 Å². The van der Waals surface area contributed by atoms with E-state index in [2.05, 4.69) is 4.98 Å². The number of para-hydroxylation sites is 2. The molecule has 0 aliphatic carbocycles. The van der Waals surface area contributed by atoms with Gasteiger partial charge < -0.3 is 9.84 Å². The van der Waals surface area contributed by atoms with E-state index in [0.29, 0.717) is 16.5 Å². The zero-order valence-electron chi connectivity index (χ0n) is 11.6. The van der Waals surface area contributed by atoms with Gasteiger partial charge in [-0.15, -0.1) is 11.3 Å². The SMILES string of the molecule is OC(COc1ccccc1Cl)CSc1nc2ccccc2s1. The highest BCUT2D eigenvalue weighted by Gasteiger charge is 2.10. The molecule has 1 aromatic heterocycles. The van der Waals surface area contributed by atoms with E-state index in [9.17, 15) is 5.11 Å². The highest BCUT2D eigenvalue weighted by molar-refractivity contribution is 8.01. The van der Waals surface area contributed by atoms with Crippen LogP contribution in [0.25, 0.3) is 10.2 Å². The third-order valence-corrected chi connectivity index (χ3v) is 5.58. The Morgan fingerprint density at radius 3 is 2.77 bits per heavy atom. The average molecular weight is 352 g/mol. The Labute approximate surface area is 141 Å². The molecular formula is C16H14ClNO2S2. The van der Waals surface area contributed by atoms with Gasteiger partial charge in [0.15, 0.2) is 4.34 Å². The first-order valence-electron chi connectivity index (χ1n) is 6.76. The molecule has 22 heavy (non-hydrogen) atoms. The molecule has 0 amide bonds.